The van der Waals surface area contributed by atoms with Crippen molar-refractivity contribution < 1.29 is 0 Å². The van der Waals surface area contributed by atoms with Gasteiger partial charge in [0.1, 0.15) is 11.3 Å². The van der Waals surface area contributed by atoms with Gasteiger partial charge >= 0.3 is 0 Å². The van der Waals surface area contributed by atoms with E-state index in [0.717, 1.165) is 43.2 Å². The lowest BCUT2D eigenvalue weighted by molar-refractivity contribution is 0.175. The predicted octanol–water partition coefficient (Wildman–Crippen LogP) is 1.98. The lowest BCUT2D eigenvalue weighted by Gasteiger charge is -2.33. The van der Waals surface area contributed by atoms with Crippen LogP contribution in [0.1, 0.15) is 38.7 Å². The lowest BCUT2D eigenvalue weighted by atomic mass is 10.2. The Balaban J connectivity index is 2.03. The Hall–Kier alpha value is -1.46. The zero-order chi connectivity index (χ0) is 14.1. The molecule has 1 unspecified atom stereocenters. The Morgan fingerprint density at radius 1 is 1.20 bits per heavy atom. The van der Waals surface area contributed by atoms with E-state index in [0.29, 0.717) is 12.1 Å². The van der Waals surface area contributed by atoms with Crippen LogP contribution in [0.25, 0.3) is 11.2 Å². The minimum Gasteiger partial charge on any atom is -0.314 e. The van der Waals surface area contributed by atoms with E-state index in [1.54, 1.807) is 0 Å². The molecule has 1 aliphatic rings. The van der Waals surface area contributed by atoms with Gasteiger partial charge in [-0.1, -0.05) is 0 Å². The molecule has 1 atom stereocenters. The molecule has 0 spiro atoms. The van der Waals surface area contributed by atoms with Crippen LogP contribution in [0.4, 0.5) is 0 Å². The molecule has 2 aromatic heterocycles. The van der Waals surface area contributed by atoms with Gasteiger partial charge < -0.3 is 9.88 Å². The van der Waals surface area contributed by atoms with Crippen molar-refractivity contribution in [2.24, 2.45) is 0 Å². The fraction of sp³-hybridized carbons (Fsp3) is 0.600. The molecule has 1 fully saturated rings. The zero-order valence-electron chi connectivity index (χ0n) is 12.5. The molecule has 2 aromatic rings. The van der Waals surface area contributed by atoms with Crippen molar-refractivity contribution >= 4 is 11.2 Å². The number of nitrogens with zero attached hydrogens (tertiary/aromatic N) is 4. The van der Waals surface area contributed by atoms with Gasteiger partial charge in [0.2, 0.25) is 0 Å². The molecule has 1 N–H and O–H groups in total. The molecule has 108 valence electrons. The largest absolute Gasteiger partial charge is 0.314 e. The Labute approximate surface area is 120 Å². The minimum absolute atomic E-state index is 0.328. The van der Waals surface area contributed by atoms with Gasteiger partial charge in [0.05, 0.1) is 6.04 Å². The number of imidazole rings is 1. The number of hydrogen-bond donors (Lipinski definition) is 1. The first kappa shape index (κ1) is 13.5. The van der Waals surface area contributed by atoms with Gasteiger partial charge in [-0.05, 0) is 32.9 Å². The summed E-state index contributed by atoms with van der Waals surface area (Å²) >= 11 is 0. The quantitative estimate of drug-likeness (QED) is 0.929. The Kier molecular flexibility index (Phi) is 3.72. The number of rotatable bonds is 3. The minimum atomic E-state index is 0.328. The molecule has 3 rings (SSSR count). The predicted molar refractivity (Wildman–Crippen MR) is 80.8 cm³/mol. The number of fused-ring (bicyclic) bond motifs is 1. The third kappa shape index (κ3) is 2.31. The molecule has 5 heteroatoms. The number of aromatic nitrogens is 3. The molecule has 3 heterocycles. The second-order valence-corrected chi connectivity index (χ2v) is 5.74. The first-order chi connectivity index (χ1) is 9.68. The summed E-state index contributed by atoms with van der Waals surface area (Å²) in [5, 5.41) is 3.40. The summed E-state index contributed by atoms with van der Waals surface area (Å²) in [4.78, 5) is 11.9. The molecule has 0 amide bonds. The monoisotopic (exact) mass is 273 g/mol. The Morgan fingerprint density at radius 3 is 2.65 bits per heavy atom. The molecule has 0 bridgehead atoms. The summed E-state index contributed by atoms with van der Waals surface area (Å²) in [5.41, 5.74) is 2.00. The second-order valence-electron chi connectivity index (χ2n) is 5.74. The molecule has 0 aromatic carbocycles. The highest BCUT2D eigenvalue weighted by molar-refractivity contribution is 5.71. The maximum Gasteiger partial charge on any atom is 0.160 e. The van der Waals surface area contributed by atoms with Crippen LogP contribution < -0.4 is 5.32 Å². The SMILES string of the molecule is CC(c1nc2cccnc2n1C(C)C)N1CCNCC1. The summed E-state index contributed by atoms with van der Waals surface area (Å²) in [6.07, 6.45) is 1.85. The van der Waals surface area contributed by atoms with E-state index < -0.39 is 0 Å². The third-order valence-electron chi connectivity index (χ3n) is 4.07. The van der Waals surface area contributed by atoms with E-state index in [9.17, 15) is 0 Å². The van der Waals surface area contributed by atoms with Crippen LogP contribution in [0.15, 0.2) is 18.3 Å². The van der Waals surface area contributed by atoms with Crippen LogP contribution in [0.5, 0.6) is 0 Å². The smallest absolute Gasteiger partial charge is 0.160 e. The van der Waals surface area contributed by atoms with Crippen LogP contribution in [0.2, 0.25) is 0 Å². The van der Waals surface area contributed by atoms with Gasteiger partial charge in [0, 0.05) is 38.4 Å². The second kappa shape index (κ2) is 5.50. The molecule has 1 saturated heterocycles. The number of hydrogen-bond acceptors (Lipinski definition) is 4. The Bertz CT molecular complexity index is 583. The third-order valence-corrected chi connectivity index (χ3v) is 4.07. The standard InChI is InChI=1S/C15H23N5/c1-11(2)20-14(12(3)19-9-7-16-8-10-19)18-13-5-4-6-17-15(13)20/h4-6,11-12,16H,7-10H2,1-3H3. The van der Waals surface area contributed by atoms with Crippen LogP contribution in [-0.4, -0.2) is 45.6 Å². The molecule has 0 radical (unpaired) electrons. The van der Waals surface area contributed by atoms with Gasteiger partial charge in [-0.3, -0.25) is 4.90 Å². The van der Waals surface area contributed by atoms with Crippen molar-refractivity contribution in [1.82, 2.24) is 24.8 Å². The average molecular weight is 273 g/mol. The van der Waals surface area contributed by atoms with Crippen LogP contribution >= 0.6 is 0 Å². The van der Waals surface area contributed by atoms with E-state index in [1.165, 1.54) is 0 Å². The Morgan fingerprint density at radius 2 is 1.95 bits per heavy atom. The maximum atomic E-state index is 4.85. The molecular weight excluding hydrogens is 250 g/mol. The summed E-state index contributed by atoms with van der Waals surface area (Å²) in [6.45, 7) is 10.9. The summed E-state index contributed by atoms with van der Waals surface area (Å²) in [6, 6.07) is 4.71. The highest BCUT2D eigenvalue weighted by Crippen LogP contribution is 2.26. The first-order valence-electron chi connectivity index (χ1n) is 7.46. The lowest BCUT2D eigenvalue weighted by Crippen LogP contribution is -2.45. The number of nitrogens with one attached hydrogen (secondary N) is 1. The van der Waals surface area contributed by atoms with Gasteiger partial charge in [-0.15, -0.1) is 0 Å². The van der Waals surface area contributed by atoms with E-state index in [-0.39, 0.29) is 0 Å². The molecular formula is C15H23N5. The molecule has 1 aliphatic heterocycles. The van der Waals surface area contributed by atoms with E-state index in [2.05, 4.69) is 46.6 Å². The molecule has 0 saturated carbocycles. The van der Waals surface area contributed by atoms with E-state index in [1.807, 2.05) is 12.3 Å². The van der Waals surface area contributed by atoms with Crippen molar-refractivity contribution in [2.75, 3.05) is 26.2 Å². The summed E-state index contributed by atoms with van der Waals surface area (Å²) in [5.74, 6) is 1.13. The fourth-order valence-electron chi connectivity index (χ4n) is 2.98. The number of pyridine rings is 1. The average Bonchev–Trinajstić information content (AvgIpc) is 2.86. The molecule has 20 heavy (non-hydrogen) atoms. The summed E-state index contributed by atoms with van der Waals surface area (Å²) in [7, 11) is 0. The molecule has 5 nitrogen and oxygen atoms in total. The highest BCUT2D eigenvalue weighted by Gasteiger charge is 2.24. The number of piperazine rings is 1. The van der Waals surface area contributed by atoms with Crippen LogP contribution in [-0.2, 0) is 0 Å². The van der Waals surface area contributed by atoms with Crippen molar-refractivity contribution in [3.63, 3.8) is 0 Å². The van der Waals surface area contributed by atoms with Crippen molar-refractivity contribution in [2.45, 2.75) is 32.9 Å². The first-order valence-corrected chi connectivity index (χ1v) is 7.46. The highest BCUT2D eigenvalue weighted by atomic mass is 15.3. The van der Waals surface area contributed by atoms with E-state index in [4.69, 9.17) is 4.98 Å². The van der Waals surface area contributed by atoms with Crippen LogP contribution in [0.3, 0.4) is 0 Å². The van der Waals surface area contributed by atoms with Crippen molar-refractivity contribution in [3.05, 3.63) is 24.2 Å². The van der Waals surface area contributed by atoms with E-state index >= 15 is 0 Å². The fourth-order valence-corrected chi connectivity index (χ4v) is 2.98. The van der Waals surface area contributed by atoms with Gasteiger partial charge in [-0.25, -0.2) is 9.97 Å². The van der Waals surface area contributed by atoms with Crippen molar-refractivity contribution in [3.8, 4) is 0 Å². The van der Waals surface area contributed by atoms with Crippen LogP contribution in [0, 0.1) is 0 Å². The zero-order valence-corrected chi connectivity index (χ0v) is 12.5. The topological polar surface area (TPSA) is 46.0 Å². The van der Waals surface area contributed by atoms with Gasteiger partial charge in [-0.2, -0.15) is 0 Å². The van der Waals surface area contributed by atoms with Gasteiger partial charge in [0.25, 0.3) is 0 Å². The normalized spacial score (nSPS) is 18.8. The maximum absolute atomic E-state index is 4.85. The van der Waals surface area contributed by atoms with Crippen molar-refractivity contribution in [1.29, 1.82) is 0 Å². The van der Waals surface area contributed by atoms with Gasteiger partial charge in [0.15, 0.2) is 5.65 Å². The summed E-state index contributed by atoms with van der Waals surface area (Å²) < 4.78 is 2.28. The molecule has 0 aliphatic carbocycles.